The molecule has 1 heterocycles. The number of aryl methyl sites for hydroxylation is 1. The molecule has 0 atom stereocenters. The van der Waals surface area contributed by atoms with Crippen LogP contribution in [0.2, 0.25) is 5.02 Å². The fourth-order valence-corrected chi connectivity index (χ4v) is 3.28. The molecular formula is C21H24ClN3O2. The highest BCUT2D eigenvalue weighted by atomic mass is 35.5. The van der Waals surface area contributed by atoms with Crippen molar-refractivity contribution in [1.29, 1.82) is 0 Å². The molecular weight excluding hydrogens is 362 g/mol. The van der Waals surface area contributed by atoms with E-state index >= 15 is 0 Å². The summed E-state index contributed by atoms with van der Waals surface area (Å²) in [5, 5.41) is 3.54. The minimum Gasteiger partial charge on any atom is -0.354 e. The Morgan fingerprint density at radius 2 is 1.78 bits per heavy atom. The molecule has 3 amide bonds. The summed E-state index contributed by atoms with van der Waals surface area (Å²) in [5.41, 5.74) is 3.32. The van der Waals surface area contributed by atoms with Gasteiger partial charge in [0, 0.05) is 31.2 Å². The molecule has 1 aliphatic heterocycles. The number of hydrogen-bond donors (Lipinski definition) is 1. The largest absolute Gasteiger partial charge is 0.354 e. The van der Waals surface area contributed by atoms with Crippen LogP contribution in [0.4, 0.5) is 4.79 Å². The Hall–Kier alpha value is -2.53. The molecule has 2 aromatic rings. The van der Waals surface area contributed by atoms with Crippen LogP contribution in [0.1, 0.15) is 16.7 Å². The maximum absolute atomic E-state index is 12.5. The molecule has 27 heavy (non-hydrogen) atoms. The number of rotatable bonds is 7. The molecule has 0 aromatic heterocycles. The molecule has 0 radical (unpaired) electrons. The van der Waals surface area contributed by atoms with E-state index in [2.05, 4.69) is 29.6 Å². The van der Waals surface area contributed by atoms with Gasteiger partial charge < -0.3 is 15.1 Å². The van der Waals surface area contributed by atoms with Crippen LogP contribution in [0, 0.1) is 6.92 Å². The maximum atomic E-state index is 12.5. The molecule has 0 bridgehead atoms. The van der Waals surface area contributed by atoms with E-state index in [9.17, 15) is 9.59 Å². The predicted molar refractivity (Wildman–Crippen MR) is 107 cm³/mol. The van der Waals surface area contributed by atoms with Gasteiger partial charge in [0.25, 0.3) is 0 Å². The third kappa shape index (κ3) is 5.23. The number of carbonyl (C=O) groups excluding carboxylic acids is 2. The Labute approximate surface area is 164 Å². The Kier molecular flexibility index (Phi) is 6.35. The van der Waals surface area contributed by atoms with E-state index in [1.54, 1.807) is 9.80 Å². The molecule has 1 fully saturated rings. The normalized spacial score (nSPS) is 13.9. The first-order valence-corrected chi connectivity index (χ1v) is 9.50. The zero-order chi connectivity index (χ0) is 19.2. The number of halogens is 1. The van der Waals surface area contributed by atoms with Crippen LogP contribution in [-0.2, 0) is 17.8 Å². The second kappa shape index (κ2) is 8.91. The van der Waals surface area contributed by atoms with Gasteiger partial charge in [0.05, 0.1) is 0 Å². The number of nitrogens with one attached hydrogen (secondary N) is 1. The highest BCUT2D eigenvalue weighted by Crippen LogP contribution is 2.19. The first-order chi connectivity index (χ1) is 13.0. The van der Waals surface area contributed by atoms with Crippen molar-refractivity contribution in [3.8, 4) is 0 Å². The number of carbonyl (C=O) groups is 2. The highest BCUT2D eigenvalue weighted by Gasteiger charge is 2.29. The van der Waals surface area contributed by atoms with E-state index in [0.717, 1.165) is 12.0 Å². The lowest BCUT2D eigenvalue weighted by Crippen LogP contribution is -2.40. The highest BCUT2D eigenvalue weighted by molar-refractivity contribution is 6.31. The monoisotopic (exact) mass is 385 g/mol. The molecule has 3 rings (SSSR count). The molecule has 1 N–H and O–H groups in total. The second-order valence-electron chi connectivity index (χ2n) is 6.80. The van der Waals surface area contributed by atoms with Crippen molar-refractivity contribution in [3.05, 3.63) is 70.2 Å². The summed E-state index contributed by atoms with van der Waals surface area (Å²) in [6.45, 7) is 4.31. The number of benzene rings is 2. The van der Waals surface area contributed by atoms with Crippen LogP contribution in [0.3, 0.4) is 0 Å². The number of urea groups is 1. The van der Waals surface area contributed by atoms with Gasteiger partial charge in [-0.1, -0.05) is 59.6 Å². The lowest BCUT2D eigenvalue weighted by Gasteiger charge is -2.19. The molecule has 6 heteroatoms. The van der Waals surface area contributed by atoms with Gasteiger partial charge in [0.2, 0.25) is 5.91 Å². The first kappa shape index (κ1) is 19.2. The molecule has 2 aromatic carbocycles. The Bertz CT molecular complexity index is 807. The van der Waals surface area contributed by atoms with Crippen LogP contribution in [-0.4, -0.2) is 47.9 Å². The van der Waals surface area contributed by atoms with E-state index in [1.807, 2.05) is 31.2 Å². The van der Waals surface area contributed by atoms with E-state index in [4.69, 9.17) is 11.6 Å². The zero-order valence-electron chi connectivity index (χ0n) is 15.5. The molecule has 5 nitrogen and oxygen atoms in total. The molecule has 1 aliphatic rings. The van der Waals surface area contributed by atoms with Gasteiger partial charge in [-0.15, -0.1) is 0 Å². The SMILES string of the molecule is Cc1ccc(CCNC(=O)CN2CCN(Cc3ccccc3Cl)C2=O)cc1. The fourth-order valence-electron chi connectivity index (χ4n) is 3.09. The molecule has 0 unspecified atom stereocenters. The van der Waals surface area contributed by atoms with Gasteiger partial charge in [-0.2, -0.15) is 0 Å². The lowest BCUT2D eigenvalue weighted by atomic mass is 10.1. The molecule has 1 saturated heterocycles. The van der Waals surface area contributed by atoms with Gasteiger partial charge in [-0.25, -0.2) is 4.79 Å². The van der Waals surface area contributed by atoms with Gasteiger partial charge >= 0.3 is 6.03 Å². The summed E-state index contributed by atoms with van der Waals surface area (Å²) in [5.74, 6) is -0.130. The minimum absolute atomic E-state index is 0.0890. The first-order valence-electron chi connectivity index (χ1n) is 9.12. The molecule has 142 valence electrons. The van der Waals surface area contributed by atoms with Crippen molar-refractivity contribution >= 4 is 23.5 Å². The smallest absolute Gasteiger partial charge is 0.320 e. The standard InChI is InChI=1S/C21H24ClN3O2/c1-16-6-8-17(9-7-16)10-11-23-20(26)15-25-13-12-24(21(25)27)14-18-4-2-3-5-19(18)22/h2-9H,10-15H2,1H3,(H,23,26). The van der Waals surface area contributed by atoms with Crippen molar-refractivity contribution in [2.45, 2.75) is 19.9 Å². The summed E-state index contributed by atoms with van der Waals surface area (Å²) in [4.78, 5) is 28.0. The zero-order valence-corrected chi connectivity index (χ0v) is 16.2. The predicted octanol–water partition coefficient (Wildman–Crippen LogP) is 3.24. The van der Waals surface area contributed by atoms with Crippen molar-refractivity contribution in [3.63, 3.8) is 0 Å². The van der Waals surface area contributed by atoms with Crippen molar-refractivity contribution in [2.24, 2.45) is 0 Å². The molecule has 0 aliphatic carbocycles. The number of nitrogens with zero attached hydrogens (tertiary/aromatic N) is 2. The van der Waals surface area contributed by atoms with Crippen LogP contribution in [0.25, 0.3) is 0 Å². The van der Waals surface area contributed by atoms with Gasteiger partial charge in [-0.05, 0) is 30.5 Å². The van der Waals surface area contributed by atoms with Gasteiger partial charge in [0.1, 0.15) is 6.54 Å². The van der Waals surface area contributed by atoms with E-state index in [-0.39, 0.29) is 18.5 Å². The number of hydrogen-bond acceptors (Lipinski definition) is 2. The Balaban J connectivity index is 1.44. The Morgan fingerprint density at radius 3 is 2.52 bits per heavy atom. The summed E-state index contributed by atoms with van der Waals surface area (Å²) in [6.07, 6.45) is 0.776. The molecule has 0 spiro atoms. The third-order valence-corrected chi connectivity index (χ3v) is 5.06. The maximum Gasteiger partial charge on any atom is 0.320 e. The quantitative estimate of drug-likeness (QED) is 0.795. The summed E-state index contributed by atoms with van der Waals surface area (Å²) >= 11 is 6.17. The van der Waals surface area contributed by atoms with E-state index in [0.29, 0.717) is 31.2 Å². The average Bonchev–Trinajstić information content (AvgIpc) is 2.99. The van der Waals surface area contributed by atoms with Crippen LogP contribution >= 0.6 is 11.6 Å². The average molecular weight is 386 g/mol. The summed E-state index contributed by atoms with van der Waals surface area (Å²) in [7, 11) is 0. The van der Waals surface area contributed by atoms with Crippen molar-refractivity contribution in [1.82, 2.24) is 15.1 Å². The summed E-state index contributed by atoms with van der Waals surface area (Å²) in [6, 6.07) is 15.6. The minimum atomic E-state index is -0.130. The number of amides is 3. The van der Waals surface area contributed by atoms with Crippen LogP contribution in [0.5, 0.6) is 0 Å². The summed E-state index contributed by atoms with van der Waals surface area (Å²) < 4.78 is 0. The topological polar surface area (TPSA) is 52.7 Å². The second-order valence-corrected chi connectivity index (χ2v) is 7.21. The van der Waals surface area contributed by atoms with Gasteiger partial charge in [-0.3, -0.25) is 4.79 Å². The van der Waals surface area contributed by atoms with Crippen LogP contribution in [0.15, 0.2) is 48.5 Å². The fraction of sp³-hybridized carbons (Fsp3) is 0.333. The Morgan fingerprint density at radius 1 is 1.07 bits per heavy atom. The van der Waals surface area contributed by atoms with Crippen molar-refractivity contribution in [2.75, 3.05) is 26.2 Å². The van der Waals surface area contributed by atoms with Gasteiger partial charge in [0.15, 0.2) is 0 Å². The van der Waals surface area contributed by atoms with Crippen LogP contribution < -0.4 is 5.32 Å². The van der Waals surface area contributed by atoms with E-state index in [1.165, 1.54) is 11.1 Å². The molecule has 0 saturated carbocycles. The van der Waals surface area contributed by atoms with E-state index < -0.39 is 0 Å². The third-order valence-electron chi connectivity index (χ3n) is 4.69. The lowest BCUT2D eigenvalue weighted by molar-refractivity contribution is -0.121. The van der Waals surface area contributed by atoms with Crippen molar-refractivity contribution < 1.29 is 9.59 Å².